The van der Waals surface area contributed by atoms with Gasteiger partial charge in [-0.3, -0.25) is 9.69 Å². The van der Waals surface area contributed by atoms with Crippen LogP contribution in [-0.2, 0) is 12.8 Å². The van der Waals surface area contributed by atoms with Gasteiger partial charge in [-0.25, -0.2) is 9.07 Å². The second kappa shape index (κ2) is 7.43. The number of hydrogen-bond donors (Lipinski definition) is 0. The Morgan fingerprint density at radius 3 is 2.37 bits per heavy atom. The molecule has 5 nitrogen and oxygen atoms in total. The Bertz CT molecular complexity index is 819. The number of halogens is 1. The number of hydrogen-bond acceptors (Lipinski definition) is 3. The molecular formula is C21H27FN4O. The van der Waals surface area contributed by atoms with E-state index in [0.717, 1.165) is 68.8 Å². The molecule has 4 rings (SSSR count). The van der Waals surface area contributed by atoms with Gasteiger partial charge in [0.05, 0.1) is 5.69 Å². The average Bonchev–Trinajstić information content (AvgIpc) is 3.08. The summed E-state index contributed by atoms with van der Waals surface area (Å²) in [5.74, 6) is -0.225. The monoisotopic (exact) mass is 370 g/mol. The predicted octanol–water partition coefficient (Wildman–Crippen LogP) is 3.06. The Labute approximate surface area is 159 Å². The minimum Gasteiger partial charge on any atom is -0.335 e. The molecule has 27 heavy (non-hydrogen) atoms. The molecule has 0 N–H and O–H groups in total. The fraction of sp³-hybridized carbons (Fsp3) is 0.524. The zero-order valence-corrected chi connectivity index (χ0v) is 16.1. The Hall–Kier alpha value is -2.21. The van der Waals surface area contributed by atoms with Gasteiger partial charge in [0.1, 0.15) is 5.82 Å². The highest BCUT2D eigenvalue weighted by molar-refractivity contribution is 5.94. The molecule has 1 aromatic heterocycles. The van der Waals surface area contributed by atoms with Crippen LogP contribution in [0.1, 0.15) is 48.4 Å². The lowest BCUT2D eigenvalue weighted by Crippen LogP contribution is -2.50. The maximum atomic E-state index is 13.3. The highest BCUT2D eigenvalue weighted by Gasteiger charge is 2.30. The molecule has 1 aliphatic heterocycles. The van der Waals surface area contributed by atoms with Crippen LogP contribution < -0.4 is 0 Å². The molecule has 1 aromatic carbocycles. The maximum Gasteiger partial charge on any atom is 0.274 e. The molecule has 1 amide bonds. The van der Waals surface area contributed by atoms with Crippen LogP contribution in [-0.4, -0.2) is 57.7 Å². The molecule has 2 heterocycles. The Kier molecular flexibility index (Phi) is 5.00. The zero-order chi connectivity index (χ0) is 19.0. The zero-order valence-electron chi connectivity index (χ0n) is 16.1. The van der Waals surface area contributed by atoms with Crippen LogP contribution in [0.25, 0.3) is 5.69 Å². The molecular weight excluding hydrogens is 343 g/mol. The van der Waals surface area contributed by atoms with Gasteiger partial charge < -0.3 is 4.90 Å². The van der Waals surface area contributed by atoms with E-state index in [9.17, 15) is 9.18 Å². The smallest absolute Gasteiger partial charge is 0.274 e. The minimum absolute atomic E-state index is 0.0393. The summed E-state index contributed by atoms with van der Waals surface area (Å²) in [6, 6.07) is 6.85. The fourth-order valence-electron chi connectivity index (χ4n) is 4.16. The van der Waals surface area contributed by atoms with E-state index in [4.69, 9.17) is 5.10 Å². The van der Waals surface area contributed by atoms with Crippen LogP contribution in [0.4, 0.5) is 4.39 Å². The van der Waals surface area contributed by atoms with E-state index in [2.05, 4.69) is 18.7 Å². The first-order valence-corrected chi connectivity index (χ1v) is 9.94. The normalized spacial score (nSPS) is 18.0. The fourth-order valence-corrected chi connectivity index (χ4v) is 4.16. The third-order valence-electron chi connectivity index (χ3n) is 5.79. The largest absolute Gasteiger partial charge is 0.335 e. The lowest BCUT2D eigenvalue weighted by atomic mass is 9.95. The van der Waals surface area contributed by atoms with Crippen molar-refractivity contribution < 1.29 is 9.18 Å². The van der Waals surface area contributed by atoms with Crippen molar-refractivity contribution in [3.8, 4) is 5.69 Å². The van der Waals surface area contributed by atoms with Gasteiger partial charge in [-0.2, -0.15) is 5.10 Å². The van der Waals surface area contributed by atoms with Gasteiger partial charge in [-0.05, 0) is 63.8 Å². The number of carbonyl (C=O) groups excluding carboxylic acids is 1. The summed E-state index contributed by atoms with van der Waals surface area (Å²) in [5, 5.41) is 4.71. The summed E-state index contributed by atoms with van der Waals surface area (Å²) in [7, 11) is 0. The molecule has 0 spiro atoms. The van der Waals surface area contributed by atoms with Crippen molar-refractivity contribution in [2.24, 2.45) is 0 Å². The summed E-state index contributed by atoms with van der Waals surface area (Å²) in [6.07, 6.45) is 3.99. The molecule has 2 aliphatic rings. The van der Waals surface area contributed by atoms with E-state index in [0.29, 0.717) is 11.7 Å². The van der Waals surface area contributed by atoms with Crippen molar-refractivity contribution in [3.63, 3.8) is 0 Å². The van der Waals surface area contributed by atoms with E-state index < -0.39 is 0 Å². The van der Waals surface area contributed by atoms with Gasteiger partial charge in [0.2, 0.25) is 0 Å². The van der Waals surface area contributed by atoms with Gasteiger partial charge >= 0.3 is 0 Å². The molecule has 0 atom stereocenters. The lowest BCUT2D eigenvalue weighted by Gasteiger charge is -2.36. The van der Waals surface area contributed by atoms with E-state index in [1.165, 1.54) is 12.1 Å². The molecule has 0 unspecified atom stereocenters. The summed E-state index contributed by atoms with van der Waals surface area (Å²) in [4.78, 5) is 17.6. The van der Waals surface area contributed by atoms with Crippen LogP contribution in [0.15, 0.2) is 24.3 Å². The van der Waals surface area contributed by atoms with E-state index in [-0.39, 0.29) is 11.7 Å². The first-order chi connectivity index (χ1) is 13.0. The van der Waals surface area contributed by atoms with Gasteiger partial charge in [-0.15, -0.1) is 0 Å². The van der Waals surface area contributed by atoms with Crippen molar-refractivity contribution in [1.82, 2.24) is 19.6 Å². The molecule has 6 heteroatoms. The van der Waals surface area contributed by atoms with Crippen molar-refractivity contribution in [2.45, 2.75) is 45.6 Å². The standard InChI is InChI=1S/C21H27FN4O/c1-15(2)24-11-13-25(14-12-24)21(27)20-18-5-3-4-6-19(18)26(23-20)17-9-7-16(22)8-10-17/h7-10,15H,3-6,11-14H2,1-2H3. The lowest BCUT2D eigenvalue weighted by molar-refractivity contribution is 0.0588. The minimum atomic E-state index is -0.265. The second-order valence-electron chi connectivity index (χ2n) is 7.79. The quantitative estimate of drug-likeness (QED) is 0.834. The number of carbonyl (C=O) groups is 1. The highest BCUT2D eigenvalue weighted by Crippen LogP contribution is 2.28. The van der Waals surface area contributed by atoms with Crippen LogP contribution in [0, 0.1) is 5.82 Å². The first kappa shape index (κ1) is 18.2. The SMILES string of the molecule is CC(C)N1CCN(C(=O)c2nn(-c3ccc(F)cc3)c3c2CCCC3)CC1. The second-order valence-corrected chi connectivity index (χ2v) is 7.79. The third kappa shape index (κ3) is 3.50. The molecule has 0 bridgehead atoms. The summed E-state index contributed by atoms with van der Waals surface area (Å²) >= 11 is 0. The molecule has 0 saturated carbocycles. The molecule has 1 fully saturated rings. The van der Waals surface area contributed by atoms with Gasteiger partial charge in [0.15, 0.2) is 5.69 Å². The van der Waals surface area contributed by atoms with E-state index >= 15 is 0 Å². The number of aromatic nitrogens is 2. The van der Waals surface area contributed by atoms with Crippen LogP contribution in [0.3, 0.4) is 0 Å². The number of amides is 1. The Morgan fingerprint density at radius 2 is 1.70 bits per heavy atom. The first-order valence-electron chi connectivity index (χ1n) is 9.94. The number of nitrogens with zero attached hydrogens (tertiary/aromatic N) is 4. The Morgan fingerprint density at radius 1 is 1.04 bits per heavy atom. The predicted molar refractivity (Wildman–Crippen MR) is 103 cm³/mol. The van der Waals surface area contributed by atoms with Crippen molar-refractivity contribution in [1.29, 1.82) is 0 Å². The van der Waals surface area contributed by atoms with Crippen LogP contribution >= 0.6 is 0 Å². The molecule has 2 aromatic rings. The molecule has 144 valence electrons. The average molecular weight is 370 g/mol. The Balaban J connectivity index is 1.63. The van der Waals surface area contributed by atoms with Crippen molar-refractivity contribution >= 4 is 5.91 Å². The van der Waals surface area contributed by atoms with E-state index in [1.54, 1.807) is 12.1 Å². The summed E-state index contributed by atoms with van der Waals surface area (Å²) in [5.41, 5.74) is 3.60. The maximum absolute atomic E-state index is 13.3. The van der Waals surface area contributed by atoms with Gasteiger partial charge in [0, 0.05) is 43.5 Å². The third-order valence-corrected chi connectivity index (χ3v) is 5.79. The summed E-state index contributed by atoms with van der Waals surface area (Å²) < 4.78 is 15.2. The number of rotatable bonds is 3. The topological polar surface area (TPSA) is 41.4 Å². The van der Waals surface area contributed by atoms with Gasteiger partial charge in [-0.1, -0.05) is 0 Å². The van der Waals surface area contributed by atoms with Crippen LogP contribution in [0.5, 0.6) is 0 Å². The number of piperazine rings is 1. The van der Waals surface area contributed by atoms with Crippen LogP contribution in [0.2, 0.25) is 0 Å². The van der Waals surface area contributed by atoms with Crippen molar-refractivity contribution in [2.75, 3.05) is 26.2 Å². The van der Waals surface area contributed by atoms with E-state index in [1.807, 2.05) is 9.58 Å². The molecule has 1 aliphatic carbocycles. The molecule has 0 radical (unpaired) electrons. The number of benzene rings is 1. The van der Waals surface area contributed by atoms with Gasteiger partial charge in [0.25, 0.3) is 5.91 Å². The van der Waals surface area contributed by atoms with Crippen molar-refractivity contribution in [3.05, 3.63) is 47.0 Å². The number of fused-ring (bicyclic) bond motifs is 1. The highest BCUT2D eigenvalue weighted by atomic mass is 19.1. The summed E-state index contributed by atoms with van der Waals surface area (Å²) in [6.45, 7) is 7.69. The molecule has 1 saturated heterocycles.